The Morgan fingerprint density at radius 3 is 2.60 bits per heavy atom. The van der Waals surface area contributed by atoms with Crippen LogP contribution in [0.15, 0.2) is 24.8 Å². The van der Waals surface area contributed by atoms with E-state index in [4.69, 9.17) is 4.74 Å². The molecule has 86 valence electrons. The van der Waals surface area contributed by atoms with Crippen molar-refractivity contribution in [2.45, 2.75) is 46.1 Å². The van der Waals surface area contributed by atoms with Crippen LogP contribution in [0.1, 0.15) is 40.0 Å². The molecule has 0 heterocycles. The summed E-state index contributed by atoms with van der Waals surface area (Å²) in [5, 5.41) is 0. The molecule has 0 fully saturated rings. The molecular formula is C13H22O2. The number of allylic oxidation sites excluding steroid dienone is 2. The largest absolute Gasteiger partial charge is 0.458 e. The molecule has 0 aromatic heterocycles. The lowest BCUT2D eigenvalue weighted by Gasteiger charge is -2.16. The summed E-state index contributed by atoms with van der Waals surface area (Å²) in [6, 6.07) is 0. The van der Waals surface area contributed by atoms with Crippen molar-refractivity contribution in [2.75, 3.05) is 0 Å². The van der Waals surface area contributed by atoms with E-state index < -0.39 is 0 Å². The molecule has 0 N–H and O–H groups in total. The van der Waals surface area contributed by atoms with E-state index >= 15 is 0 Å². The first-order chi connectivity index (χ1) is 7.15. The zero-order valence-corrected chi connectivity index (χ0v) is 10.0. The van der Waals surface area contributed by atoms with E-state index in [0.717, 1.165) is 19.3 Å². The van der Waals surface area contributed by atoms with E-state index in [-0.39, 0.29) is 18.0 Å². The van der Waals surface area contributed by atoms with E-state index in [0.29, 0.717) is 0 Å². The zero-order valence-electron chi connectivity index (χ0n) is 10.0. The molecule has 2 atom stereocenters. The molecular weight excluding hydrogens is 188 g/mol. The van der Waals surface area contributed by atoms with Gasteiger partial charge in [0.05, 0.1) is 5.92 Å². The monoisotopic (exact) mass is 210 g/mol. The quantitative estimate of drug-likeness (QED) is 0.475. The first kappa shape index (κ1) is 13.9. The molecule has 0 aromatic rings. The molecule has 2 heteroatoms. The van der Waals surface area contributed by atoms with Gasteiger partial charge in [-0.05, 0) is 18.9 Å². The Morgan fingerprint density at radius 1 is 1.47 bits per heavy atom. The minimum atomic E-state index is -0.107. The minimum Gasteiger partial charge on any atom is -0.458 e. The molecule has 0 aliphatic heterocycles. The highest BCUT2D eigenvalue weighted by molar-refractivity contribution is 5.72. The van der Waals surface area contributed by atoms with Gasteiger partial charge in [0.25, 0.3) is 0 Å². The molecule has 0 saturated heterocycles. The lowest BCUT2D eigenvalue weighted by Crippen LogP contribution is -2.21. The van der Waals surface area contributed by atoms with Gasteiger partial charge in [0.1, 0.15) is 6.10 Å². The van der Waals surface area contributed by atoms with Crippen molar-refractivity contribution in [2.24, 2.45) is 5.92 Å². The first-order valence-corrected chi connectivity index (χ1v) is 5.65. The number of hydrogen-bond donors (Lipinski definition) is 0. The van der Waals surface area contributed by atoms with Crippen LogP contribution in [0.2, 0.25) is 0 Å². The Balaban J connectivity index is 4.20. The lowest BCUT2D eigenvalue weighted by molar-refractivity contribution is -0.151. The van der Waals surface area contributed by atoms with Gasteiger partial charge in [-0.2, -0.15) is 0 Å². The second-order valence-corrected chi connectivity index (χ2v) is 3.69. The first-order valence-electron chi connectivity index (χ1n) is 5.65. The molecule has 0 aromatic carbocycles. The van der Waals surface area contributed by atoms with Crippen LogP contribution in [0, 0.1) is 5.92 Å². The minimum absolute atomic E-state index is 0.0125. The average Bonchev–Trinajstić information content (AvgIpc) is 2.24. The van der Waals surface area contributed by atoms with E-state index in [1.54, 1.807) is 6.08 Å². The van der Waals surface area contributed by atoms with Crippen molar-refractivity contribution in [1.29, 1.82) is 0 Å². The summed E-state index contributed by atoms with van der Waals surface area (Å²) < 4.78 is 5.37. The Hall–Kier alpha value is -1.05. The second-order valence-electron chi connectivity index (χ2n) is 3.69. The van der Waals surface area contributed by atoms with Crippen LogP contribution in [0.4, 0.5) is 0 Å². The molecule has 0 aliphatic rings. The molecule has 0 aliphatic carbocycles. The maximum atomic E-state index is 11.5. The van der Waals surface area contributed by atoms with E-state index in [1.165, 1.54) is 0 Å². The van der Waals surface area contributed by atoms with Crippen LogP contribution in [0.25, 0.3) is 0 Å². The van der Waals surface area contributed by atoms with Crippen LogP contribution in [0.3, 0.4) is 0 Å². The van der Waals surface area contributed by atoms with Gasteiger partial charge in [0, 0.05) is 0 Å². The highest BCUT2D eigenvalue weighted by atomic mass is 16.5. The average molecular weight is 210 g/mol. The molecule has 0 rings (SSSR count). The van der Waals surface area contributed by atoms with Crippen molar-refractivity contribution in [3.05, 3.63) is 24.8 Å². The fourth-order valence-corrected chi connectivity index (χ4v) is 1.11. The highest BCUT2D eigenvalue weighted by Gasteiger charge is 2.15. The van der Waals surface area contributed by atoms with Crippen LogP contribution in [-0.2, 0) is 9.53 Å². The number of carbonyl (C=O) groups excluding carboxylic acids is 1. The van der Waals surface area contributed by atoms with Crippen LogP contribution < -0.4 is 0 Å². The summed E-state index contributed by atoms with van der Waals surface area (Å²) >= 11 is 0. The molecule has 2 nitrogen and oxygen atoms in total. The maximum absolute atomic E-state index is 11.5. The molecule has 0 bridgehead atoms. The van der Waals surface area contributed by atoms with Gasteiger partial charge in [-0.15, -0.1) is 0 Å². The van der Waals surface area contributed by atoms with Gasteiger partial charge < -0.3 is 4.74 Å². The van der Waals surface area contributed by atoms with Gasteiger partial charge in [0.2, 0.25) is 0 Å². The molecule has 0 spiro atoms. The molecule has 0 radical (unpaired) electrons. The summed E-state index contributed by atoms with van der Waals surface area (Å²) in [6.07, 6.45) is 7.99. The van der Waals surface area contributed by atoms with Crippen molar-refractivity contribution >= 4 is 5.97 Å². The Labute approximate surface area is 93.0 Å². The molecule has 0 saturated carbocycles. The summed E-state index contributed by atoms with van der Waals surface area (Å²) in [6.45, 7) is 9.55. The van der Waals surface area contributed by atoms with Crippen molar-refractivity contribution in [3.8, 4) is 0 Å². The summed E-state index contributed by atoms with van der Waals surface area (Å²) in [4.78, 5) is 11.5. The number of carbonyl (C=O) groups is 1. The SMILES string of the molecule is C=C/C=C/C(CCC)OC(=O)C(C)CC. The van der Waals surface area contributed by atoms with E-state index in [9.17, 15) is 4.79 Å². The zero-order chi connectivity index (χ0) is 11.7. The number of ether oxygens (including phenoxy) is 1. The van der Waals surface area contributed by atoms with E-state index in [1.807, 2.05) is 26.0 Å². The lowest BCUT2D eigenvalue weighted by atomic mass is 10.1. The third kappa shape index (κ3) is 6.10. The topological polar surface area (TPSA) is 26.3 Å². The second kappa shape index (κ2) is 8.27. The summed E-state index contributed by atoms with van der Waals surface area (Å²) in [5.74, 6) is -0.119. The Morgan fingerprint density at radius 2 is 2.13 bits per heavy atom. The maximum Gasteiger partial charge on any atom is 0.309 e. The fourth-order valence-electron chi connectivity index (χ4n) is 1.11. The van der Waals surface area contributed by atoms with Crippen LogP contribution in [-0.4, -0.2) is 12.1 Å². The number of esters is 1. The predicted octanol–water partition coefficient (Wildman–Crippen LogP) is 3.49. The number of rotatable bonds is 7. The van der Waals surface area contributed by atoms with Gasteiger partial charge in [-0.1, -0.05) is 45.9 Å². The predicted molar refractivity (Wildman–Crippen MR) is 63.6 cm³/mol. The standard InChI is InChI=1S/C13H22O2/c1-5-8-10-12(9-6-2)15-13(14)11(4)7-3/h5,8,10-12H,1,6-7,9H2,2-4H3/b10-8+. The summed E-state index contributed by atoms with van der Waals surface area (Å²) in [5.41, 5.74) is 0. The Kier molecular flexibility index (Phi) is 7.69. The van der Waals surface area contributed by atoms with Gasteiger partial charge >= 0.3 is 5.97 Å². The third-order valence-corrected chi connectivity index (χ3v) is 2.32. The molecule has 2 unspecified atom stereocenters. The third-order valence-electron chi connectivity index (χ3n) is 2.32. The normalized spacial score (nSPS) is 14.9. The van der Waals surface area contributed by atoms with Crippen molar-refractivity contribution in [1.82, 2.24) is 0 Å². The number of hydrogen-bond acceptors (Lipinski definition) is 2. The fraction of sp³-hybridized carbons (Fsp3) is 0.615. The molecule has 0 amide bonds. The van der Waals surface area contributed by atoms with Gasteiger partial charge in [-0.25, -0.2) is 0 Å². The Bertz CT molecular complexity index is 219. The smallest absolute Gasteiger partial charge is 0.309 e. The van der Waals surface area contributed by atoms with Gasteiger partial charge in [0.15, 0.2) is 0 Å². The van der Waals surface area contributed by atoms with Crippen LogP contribution >= 0.6 is 0 Å². The van der Waals surface area contributed by atoms with Crippen molar-refractivity contribution < 1.29 is 9.53 Å². The highest BCUT2D eigenvalue weighted by Crippen LogP contribution is 2.10. The van der Waals surface area contributed by atoms with E-state index in [2.05, 4.69) is 13.5 Å². The van der Waals surface area contributed by atoms with Gasteiger partial charge in [-0.3, -0.25) is 4.79 Å². The van der Waals surface area contributed by atoms with Crippen molar-refractivity contribution in [3.63, 3.8) is 0 Å². The van der Waals surface area contributed by atoms with Crippen LogP contribution in [0.5, 0.6) is 0 Å². The summed E-state index contributed by atoms with van der Waals surface area (Å²) in [7, 11) is 0. The molecule has 15 heavy (non-hydrogen) atoms.